The average Bonchev–Trinajstić information content (AvgIpc) is 2.38. The van der Waals surface area contributed by atoms with Crippen LogP contribution in [-0.4, -0.2) is 46.4 Å². The zero-order chi connectivity index (χ0) is 18.7. The topological polar surface area (TPSA) is 80.2 Å². The molecule has 0 spiro atoms. The maximum atomic E-state index is 12.2. The zero-order valence-corrected chi connectivity index (χ0v) is 11.1. The summed E-state index contributed by atoms with van der Waals surface area (Å²) in [6.45, 7) is 0. The highest BCUT2D eigenvalue weighted by atomic mass is 32.2. The molecule has 134 valence electrons. The Bertz CT molecular complexity index is 576. The summed E-state index contributed by atoms with van der Waals surface area (Å²) in [5.74, 6) is -14.7. The van der Waals surface area contributed by atoms with E-state index >= 15 is 0 Å². The van der Waals surface area contributed by atoms with Gasteiger partial charge in [-0.15, -0.1) is 0 Å². The van der Waals surface area contributed by atoms with Gasteiger partial charge < -0.3 is 0 Å². The minimum atomic E-state index is -7.37. The van der Waals surface area contributed by atoms with Crippen molar-refractivity contribution < 1.29 is 52.5 Å². The van der Waals surface area contributed by atoms with E-state index in [2.05, 4.69) is 10.2 Å². The van der Waals surface area contributed by atoms with E-state index in [1.165, 1.54) is 0 Å². The van der Waals surface area contributed by atoms with E-state index in [-0.39, 0.29) is 0 Å². The predicted octanol–water partition coefficient (Wildman–Crippen LogP) is 2.78. The standard InChI is InChI=1S/C4HF9O3S.C4H4N2/c5-1(6,3(9,10)11)2(7,8)4(12,13)17(14,15)16;1-2-4-6-5-3-1/h(H,14,15,16);1-4H. The number of alkyl halides is 9. The monoisotopic (exact) mass is 380 g/mol. The quantitative estimate of drug-likeness (QED) is 0.645. The Kier molecular flexibility index (Phi) is 6.00. The Morgan fingerprint density at radius 3 is 1.26 bits per heavy atom. The summed E-state index contributed by atoms with van der Waals surface area (Å²) in [5, 5.41) is 0.0685. The molecular weight excluding hydrogens is 375 g/mol. The molecular formula is C8H5F9N2O3S. The molecule has 0 amide bonds. The van der Waals surface area contributed by atoms with Crippen LogP contribution in [0, 0.1) is 0 Å². The van der Waals surface area contributed by atoms with Gasteiger partial charge in [0.25, 0.3) is 0 Å². The van der Waals surface area contributed by atoms with Crippen LogP contribution in [0.3, 0.4) is 0 Å². The van der Waals surface area contributed by atoms with Crippen LogP contribution in [0.2, 0.25) is 0 Å². The molecule has 0 atom stereocenters. The van der Waals surface area contributed by atoms with E-state index in [1.54, 1.807) is 12.4 Å². The van der Waals surface area contributed by atoms with Gasteiger partial charge in [-0.1, -0.05) is 0 Å². The van der Waals surface area contributed by atoms with Gasteiger partial charge in [-0.05, 0) is 12.1 Å². The molecule has 0 aromatic carbocycles. The molecule has 1 aromatic rings. The van der Waals surface area contributed by atoms with Gasteiger partial charge in [-0.3, -0.25) is 4.55 Å². The van der Waals surface area contributed by atoms with Crippen molar-refractivity contribution in [1.82, 2.24) is 10.2 Å². The predicted molar refractivity (Wildman–Crippen MR) is 54.5 cm³/mol. The van der Waals surface area contributed by atoms with E-state index in [9.17, 15) is 47.9 Å². The minimum absolute atomic E-state index is 1.64. The molecule has 1 heterocycles. The highest BCUT2D eigenvalue weighted by Crippen LogP contribution is 2.54. The SMILES string of the molecule is O=S(=O)(O)C(F)(F)C(F)(F)C(F)(F)C(F)(F)F.c1ccnnc1. The Balaban J connectivity index is 0.000000664. The van der Waals surface area contributed by atoms with Crippen LogP contribution in [0.25, 0.3) is 0 Å². The molecule has 1 N–H and O–H groups in total. The second-order valence-electron chi connectivity index (χ2n) is 3.55. The lowest BCUT2D eigenvalue weighted by Crippen LogP contribution is -2.63. The van der Waals surface area contributed by atoms with Gasteiger partial charge in [0.05, 0.1) is 0 Å². The van der Waals surface area contributed by atoms with E-state index in [0.29, 0.717) is 0 Å². The Hall–Kier alpha value is -1.64. The summed E-state index contributed by atoms with van der Waals surface area (Å²) in [5.41, 5.74) is 0. The van der Waals surface area contributed by atoms with E-state index < -0.39 is 33.4 Å². The maximum Gasteiger partial charge on any atom is 0.460 e. The number of nitrogens with zero attached hydrogens (tertiary/aromatic N) is 2. The zero-order valence-electron chi connectivity index (χ0n) is 10.3. The largest absolute Gasteiger partial charge is 0.460 e. The fraction of sp³-hybridized carbons (Fsp3) is 0.500. The molecule has 0 saturated carbocycles. The van der Waals surface area contributed by atoms with Crippen LogP contribution in [-0.2, 0) is 10.1 Å². The molecule has 0 bridgehead atoms. The van der Waals surface area contributed by atoms with Crippen LogP contribution < -0.4 is 0 Å². The highest BCUT2D eigenvalue weighted by molar-refractivity contribution is 7.87. The van der Waals surface area contributed by atoms with E-state index in [1.807, 2.05) is 12.1 Å². The molecule has 0 aliphatic heterocycles. The van der Waals surface area contributed by atoms with Gasteiger partial charge in [-0.2, -0.15) is 58.1 Å². The van der Waals surface area contributed by atoms with E-state index in [0.717, 1.165) is 0 Å². The van der Waals surface area contributed by atoms with Crippen molar-refractivity contribution in [2.24, 2.45) is 0 Å². The van der Waals surface area contributed by atoms with Gasteiger partial charge in [0.15, 0.2) is 0 Å². The van der Waals surface area contributed by atoms with Gasteiger partial charge >= 0.3 is 33.4 Å². The van der Waals surface area contributed by atoms with Crippen LogP contribution in [0.1, 0.15) is 0 Å². The summed E-state index contributed by atoms with van der Waals surface area (Å²) >= 11 is 0. The summed E-state index contributed by atoms with van der Waals surface area (Å²) in [4.78, 5) is 0. The van der Waals surface area contributed by atoms with Crippen molar-refractivity contribution in [3.63, 3.8) is 0 Å². The third-order valence-corrected chi connectivity index (χ3v) is 2.83. The van der Waals surface area contributed by atoms with Crippen molar-refractivity contribution in [2.75, 3.05) is 0 Å². The highest BCUT2D eigenvalue weighted by Gasteiger charge is 2.85. The normalized spacial score (nSPS) is 14.0. The Morgan fingerprint density at radius 2 is 1.09 bits per heavy atom. The Labute approximate surface area is 121 Å². The van der Waals surface area contributed by atoms with Gasteiger partial charge in [0.2, 0.25) is 0 Å². The van der Waals surface area contributed by atoms with Crippen LogP contribution >= 0.6 is 0 Å². The number of hydrogen-bond donors (Lipinski definition) is 1. The third-order valence-electron chi connectivity index (χ3n) is 1.92. The summed E-state index contributed by atoms with van der Waals surface area (Å²) in [6.07, 6.45) is -3.86. The summed E-state index contributed by atoms with van der Waals surface area (Å²) in [6, 6.07) is 3.65. The van der Waals surface area contributed by atoms with Crippen LogP contribution in [0.15, 0.2) is 24.5 Å². The first-order valence-electron chi connectivity index (χ1n) is 4.89. The summed E-state index contributed by atoms with van der Waals surface area (Å²) < 4.78 is 134. The molecule has 15 heteroatoms. The lowest BCUT2D eigenvalue weighted by molar-refractivity contribution is -0.382. The molecule has 23 heavy (non-hydrogen) atoms. The molecule has 1 aromatic heterocycles. The van der Waals surface area contributed by atoms with Gasteiger partial charge in [0, 0.05) is 12.4 Å². The van der Waals surface area contributed by atoms with Crippen molar-refractivity contribution in [3.05, 3.63) is 24.5 Å². The molecule has 0 fully saturated rings. The number of halogens is 9. The molecule has 5 nitrogen and oxygen atoms in total. The fourth-order valence-corrected chi connectivity index (χ4v) is 1.23. The first-order chi connectivity index (χ1) is 10.0. The smallest absolute Gasteiger partial charge is 0.281 e. The first kappa shape index (κ1) is 21.4. The number of hydrogen-bond acceptors (Lipinski definition) is 4. The van der Waals surface area contributed by atoms with Gasteiger partial charge in [-0.25, -0.2) is 0 Å². The van der Waals surface area contributed by atoms with Gasteiger partial charge in [0.1, 0.15) is 0 Å². The molecule has 0 aliphatic rings. The van der Waals surface area contributed by atoms with E-state index in [4.69, 9.17) is 4.55 Å². The van der Waals surface area contributed by atoms with Crippen molar-refractivity contribution in [2.45, 2.75) is 23.3 Å². The van der Waals surface area contributed by atoms with Crippen molar-refractivity contribution >= 4 is 10.1 Å². The van der Waals surface area contributed by atoms with Crippen LogP contribution in [0.5, 0.6) is 0 Å². The van der Waals surface area contributed by atoms with Crippen LogP contribution in [0.4, 0.5) is 39.5 Å². The lowest BCUT2D eigenvalue weighted by atomic mass is 10.1. The van der Waals surface area contributed by atoms with Crippen molar-refractivity contribution in [3.8, 4) is 0 Å². The lowest BCUT2D eigenvalue weighted by Gasteiger charge is -2.31. The third kappa shape index (κ3) is 4.21. The molecule has 0 aliphatic carbocycles. The molecule has 0 unspecified atom stereocenters. The number of aromatic nitrogens is 2. The average molecular weight is 380 g/mol. The molecule has 0 radical (unpaired) electrons. The number of rotatable bonds is 3. The molecule has 0 saturated heterocycles. The first-order valence-corrected chi connectivity index (χ1v) is 6.33. The Morgan fingerprint density at radius 1 is 0.739 bits per heavy atom. The fourth-order valence-electron chi connectivity index (χ4n) is 0.776. The second kappa shape index (κ2) is 6.46. The second-order valence-corrected chi connectivity index (χ2v) is 5.02. The summed E-state index contributed by atoms with van der Waals surface area (Å²) in [7, 11) is -7.17. The maximum absolute atomic E-state index is 12.2. The molecule has 1 rings (SSSR count). The van der Waals surface area contributed by atoms with Crippen molar-refractivity contribution in [1.29, 1.82) is 0 Å². The minimum Gasteiger partial charge on any atom is -0.281 e.